The molecule has 0 radical (unpaired) electrons. The summed E-state index contributed by atoms with van der Waals surface area (Å²) < 4.78 is 2.32. The van der Waals surface area contributed by atoms with E-state index >= 15 is 0 Å². The first kappa shape index (κ1) is 19.6. The quantitative estimate of drug-likeness (QED) is 0.627. The van der Waals surface area contributed by atoms with Gasteiger partial charge in [-0.15, -0.1) is 0 Å². The SMILES string of the molecule is O=C(CCn1cnc2ccc(Br)cc2c1=O)Nc1ccccc1N1CCCCC1. The molecule has 0 saturated carbocycles. The Morgan fingerprint density at radius 1 is 1.10 bits per heavy atom. The zero-order valence-electron chi connectivity index (χ0n) is 16.1. The minimum absolute atomic E-state index is 0.115. The van der Waals surface area contributed by atoms with Crippen molar-refractivity contribution in [3.8, 4) is 0 Å². The van der Waals surface area contributed by atoms with Crippen LogP contribution in [0, 0.1) is 0 Å². The fourth-order valence-corrected chi connectivity index (χ4v) is 4.08. The van der Waals surface area contributed by atoms with Crippen molar-refractivity contribution in [1.82, 2.24) is 9.55 Å². The summed E-state index contributed by atoms with van der Waals surface area (Å²) in [4.78, 5) is 31.9. The minimum Gasteiger partial charge on any atom is -0.370 e. The van der Waals surface area contributed by atoms with Gasteiger partial charge in [0.1, 0.15) is 0 Å². The summed E-state index contributed by atoms with van der Waals surface area (Å²) in [7, 11) is 0. The lowest BCUT2D eigenvalue weighted by Gasteiger charge is -2.30. The van der Waals surface area contributed by atoms with Crippen LogP contribution in [0.3, 0.4) is 0 Å². The number of piperidine rings is 1. The Kier molecular flexibility index (Phi) is 5.94. The average Bonchev–Trinajstić information content (AvgIpc) is 2.75. The summed E-state index contributed by atoms with van der Waals surface area (Å²) in [6.45, 7) is 2.31. The number of rotatable bonds is 5. The molecule has 1 fully saturated rings. The molecule has 0 spiro atoms. The van der Waals surface area contributed by atoms with Crippen molar-refractivity contribution in [2.45, 2.75) is 32.2 Å². The zero-order valence-corrected chi connectivity index (χ0v) is 17.7. The number of nitrogens with zero attached hydrogens (tertiary/aromatic N) is 3. The average molecular weight is 455 g/mol. The number of hydrogen-bond donors (Lipinski definition) is 1. The predicted octanol–water partition coefficient (Wildman–Crippen LogP) is 4.18. The molecule has 2 heterocycles. The van der Waals surface area contributed by atoms with Crippen LogP contribution in [0.25, 0.3) is 10.9 Å². The molecular weight excluding hydrogens is 432 g/mol. The summed E-state index contributed by atoms with van der Waals surface area (Å²) in [6.07, 6.45) is 5.33. The third kappa shape index (κ3) is 4.50. The maximum Gasteiger partial charge on any atom is 0.261 e. The molecule has 0 bridgehead atoms. The summed E-state index contributed by atoms with van der Waals surface area (Å²) >= 11 is 3.39. The van der Waals surface area contributed by atoms with Crippen LogP contribution in [0.1, 0.15) is 25.7 Å². The van der Waals surface area contributed by atoms with Gasteiger partial charge in [0, 0.05) is 30.5 Å². The number of halogens is 1. The van der Waals surface area contributed by atoms with Gasteiger partial charge in [0.05, 0.1) is 28.6 Å². The lowest BCUT2D eigenvalue weighted by atomic mass is 10.1. The predicted molar refractivity (Wildman–Crippen MR) is 119 cm³/mol. The second-order valence-electron chi connectivity index (χ2n) is 7.27. The molecule has 1 amide bonds. The standard InChI is InChI=1S/C22H23BrN4O2/c23-16-8-9-18-17(14-16)22(29)27(15-24-18)13-10-21(28)25-19-6-2-3-7-20(19)26-11-4-1-5-12-26/h2-3,6-9,14-15H,1,4-5,10-13H2,(H,25,28). The first-order valence-electron chi connectivity index (χ1n) is 9.90. The van der Waals surface area contributed by atoms with E-state index in [1.807, 2.05) is 24.3 Å². The van der Waals surface area contributed by atoms with Gasteiger partial charge >= 0.3 is 0 Å². The van der Waals surface area contributed by atoms with E-state index in [2.05, 4.69) is 37.2 Å². The second kappa shape index (κ2) is 8.78. The molecule has 3 aromatic rings. The van der Waals surface area contributed by atoms with Gasteiger partial charge in [0.25, 0.3) is 5.56 Å². The minimum atomic E-state index is -0.141. The molecule has 0 atom stereocenters. The first-order chi connectivity index (χ1) is 14.1. The van der Waals surface area contributed by atoms with Crippen LogP contribution in [0.5, 0.6) is 0 Å². The number of anilines is 2. The second-order valence-corrected chi connectivity index (χ2v) is 8.18. The van der Waals surface area contributed by atoms with Crippen LogP contribution < -0.4 is 15.8 Å². The molecule has 29 heavy (non-hydrogen) atoms. The maximum absolute atomic E-state index is 12.7. The maximum atomic E-state index is 12.7. The number of fused-ring (bicyclic) bond motifs is 1. The Hall–Kier alpha value is -2.67. The fraction of sp³-hybridized carbons (Fsp3) is 0.318. The number of carbonyl (C=O) groups is 1. The molecule has 7 heteroatoms. The van der Waals surface area contributed by atoms with Gasteiger partial charge in [-0.3, -0.25) is 14.2 Å². The van der Waals surface area contributed by atoms with Crippen molar-refractivity contribution >= 4 is 44.1 Å². The van der Waals surface area contributed by atoms with Gasteiger partial charge in [0.15, 0.2) is 0 Å². The molecule has 1 aliphatic rings. The number of amides is 1. The van der Waals surface area contributed by atoms with Crippen LogP contribution in [-0.4, -0.2) is 28.5 Å². The van der Waals surface area contributed by atoms with E-state index in [1.165, 1.54) is 30.2 Å². The van der Waals surface area contributed by atoms with Crippen LogP contribution in [0.2, 0.25) is 0 Å². The van der Waals surface area contributed by atoms with E-state index in [0.29, 0.717) is 10.9 Å². The Bertz CT molecular complexity index is 1090. The van der Waals surface area contributed by atoms with E-state index in [1.54, 1.807) is 12.1 Å². The smallest absolute Gasteiger partial charge is 0.261 e. The van der Waals surface area contributed by atoms with E-state index in [0.717, 1.165) is 28.9 Å². The third-order valence-electron chi connectivity index (χ3n) is 5.24. The lowest BCUT2D eigenvalue weighted by Crippen LogP contribution is -2.30. The number of carbonyl (C=O) groups excluding carboxylic acids is 1. The molecule has 4 rings (SSSR count). The highest BCUT2D eigenvalue weighted by atomic mass is 79.9. The van der Waals surface area contributed by atoms with Crippen molar-refractivity contribution in [1.29, 1.82) is 0 Å². The van der Waals surface area contributed by atoms with Crippen molar-refractivity contribution in [2.75, 3.05) is 23.3 Å². The van der Waals surface area contributed by atoms with Crippen molar-refractivity contribution in [2.24, 2.45) is 0 Å². The third-order valence-corrected chi connectivity index (χ3v) is 5.73. The summed E-state index contributed by atoms with van der Waals surface area (Å²) in [5.74, 6) is -0.115. The van der Waals surface area contributed by atoms with Gasteiger partial charge in [-0.05, 0) is 49.6 Å². The summed E-state index contributed by atoms with van der Waals surface area (Å²) in [5.41, 5.74) is 2.40. The van der Waals surface area contributed by atoms with E-state index < -0.39 is 0 Å². The van der Waals surface area contributed by atoms with Gasteiger partial charge in [-0.1, -0.05) is 28.1 Å². The van der Waals surface area contributed by atoms with Gasteiger partial charge in [-0.25, -0.2) is 4.98 Å². The van der Waals surface area contributed by atoms with Crippen molar-refractivity contribution < 1.29 is 4.79 Å². The number of benzene rings is 2. The summed E-state index contributed by atoms with van der Waals surface area (Å²) in [6, 6.07) is 13.3. The van der Waals surface area contributed by atoms with Crippen molar-refractivity contribution in [3.63, 3.8) is 0 Å². The van der Waals surface area contributed by atoms with E-state index in [4.69, 9.17) is 0 Å². The first-order valence-corrected chi connectivity index (χ1v) is 10.7. The molecule has 0 unspecified atom stereocenters. The monoisotopic (exact) mass is 454 g/mol. The Balaban J connectivity index is 1.45. The molecule has 1 aromatic heterocycles. The largest absolute Gasteiger partial charge is 0.370 e. The molecule has 1 N–H and O–H groups in total. The van der Waals surface area contributed by atoms with E-state index in [9.17, 15) is 9.59 Å². The molecule has 2 aromatic carbocycles. The van der Waals surface area contributed by atoms with Gasteiger partial charge < -0.3 is 10.2 Å². The lowest BCUT2D eigenvalue weighted by molar-refractivity contribution is -0.116. The highest BCUT2D eigenvalue weighted by Gasteiger charge is 2.15. The fourth-order valence-electron chi connectivity index (χ4n) is 3.72. The van der Waals surface area contributed by atoms with Gasteiger partial charge in [0.2, 0.25) is 5.91 Å². The highest BCUT2D eigenvalue weighted by molar-refractivity contribution is 9.10. The van der Waals surface area contributed by atoms with Crippen LogP contribution in [0.4, 0.5) is 11.4 Å². The Morgan fingerprint density at radius 3 is 2.72 bits per heavy atom. The van der Waals surface area contributed by atoms with Crippen LogP contribution in [-0.2, 0) is 11.3 Å². The van der Waals surface area contributed by atoms with Crippen molar-refractivity contribution in [3.05, 3.63) is 63.6 Å². The van der Waals surface area contributed by atoms with E-state index in [-0.39, 0.29) is 24.4 Å². The molecule has 6 nitrogen and oxygen atoms in total. The topological polar surface area (TPSA) is 67.2 Å². The molecule has 0 aliphatic carbocycles. The normalized spacial score (nSPS) is 14.2. The molecular formula is C22H23BrN4O2. The molecule has 150 valence electrons. The zero-order chi connectivity index (χ0) is 20.2. The number of hydrogen-bond acceptors (Lipinski definition) is 4. The highest BCUT2D eigenvalue weighted by Crippen LogP contribution is 2.28. The van der Waals surface area contributed by atoms with Crippen LogP contribution >= 0.6 is 15.9 Å². The van der Waals surface area contributed by atoms with Crippen LogP contribution in [0.15, 0.2) is 58.1 Å². The number of para-hydroxylation sites is 2. The molecule has 1 aliphatic heterocycles. The Morgan fingerprint density at radius 2 is 1.90 bits per heavy atom. The summed E-state index contributed by atoms with van der Waals surface area (Å²) in [5, 5.41) is 3.56. The molecule has 1 saturated heterocycles. The Labute approximate surface area is 177 Å². The van der Waals surface area contributed by atoms with Gasteiger partial charge in [-0.2, -0.15) is 0 Å². The number of aryl methyl sites for hydroxylation is 1. The number of nitrogens with one attached hydrogen (secondary N) is 1. The number of aromatic nitrogens is 2.